The van der Waals surface area contributed by atoms with Gasteiger partial charge in [0.15, 0.2) is 6.73 Å². The molecule has 1 rings (SSSR count). The van der Waals surface area contributed by atoms with Gasteiger partial charge in [-0.05, 0) is 37.0 Å². The molecule has 0 aliphatic carbocycles. The number of benzene rings is 1. The van der Waals surface area contributed by atoms with Crippen molar-refractivity contribution in [3.63, 3.8) is 0 Å². The first-order valence-electron chi connectivity index (χ1n) is 8.45. The van der Waals surface area contributed by atoms with Crippen LogP contribution < -0.4 is 10.1 Å². The number of urea groups is 1. The molecule has 1 N–H and O–H groups in total. The van der Waals surface area contributed by atoms with E-state index < -0.39 is 0 Å². The lowest BCUT2D eigenvalue weighted by Crippen LogP contribution is -2.42. The van der Waals surface area contributed by atoms with Crippen molar-refractivity contribution in [2.75, 3.05) is 19.8 Å². The summed E-state index contributed by atoms with van der Waals surface area (Å²) in [6.07, 6.45) is 5.32. The molecule has 22 heavy (non-hydrogen) atoms. The topological polar surface area (TPSA) is 41.6 Å². The fraction of sp³-hybridized carbons (Fsp3) is 0.611. The van der Waals surface area contributed by atoms with Crippen molar-refractivity contribution in [2.24, 2.45) is 0 Å². The van der Waals surface area contributed by atoms with Crippen molar-refractivity contribution in [1.82, 2.24) is 10.2 Å². The first-order chi connectivity index (χ1) is 10.7. The van der Waals surface area contributed by atoms with E-state index in [0.717, 1.165) is 50.9 Å². The van der Waals surface area contributed by atoms with Crippen LogP contribution in [0.4, 0.5) is 4.79 Å². The van der Waals surface area contributed by atoms with E-state index in [4.69, 9.17) is 4.74 Å². The summed E-state index contributed by atoms with van der Waals surface area (Å²) in [7, 11) is 0. The second-order valence-corrected chi connectivity index (χ2v) is 5.51. The van der Waals surface area contributed by atoms with Gasteiger partial charge in [-0.15, -0.1) is 0 Å². The maximum Gasteiger partial charge on any atom is 0.320 e. The average molecular weight is 306 g/mol. The molecule has 0 bridgehead atoms. The molecule has 0 fully saturated rings. The zero-order chi connectivity index (χ0) is 16.2. The highest BCUT2D eigenvalue weighted by atomic mass is 16.5. The first kappa shape index (κ1) is 18.3. The van der Waals surface area contributed by atoms with Gasteiger partial charge in [0.05, 0.1) is 0 Å². The van der Waals surface area contributed by atoms with Crippen LogP contribution in [0.2, 0.25) is 0 Å². The molecule has 0 aliphatic rings. The molecule has 1 aromatic rings. The van der Waals surface area contributed by atoms with Gasteiger partial charge in [-0.1, -0.05) is 45.7 Å². The number of hydrogen-bond acceptors (Lipinski definition) is 2. The smallest absolute Gasteiger partial charge is 0.320 e. The normalized spacial score (nSPS) is 10.3. The van der Waals surface area contributed by atoms with Crippen LogP contribution in [0.3, 0.4) is 0 Å². The Morgan fingerprint density at radius 2 is 1.77 bits per heavy atom. The minimum absolute atomic E-state index is 0.0436. The summed E-state index contributed by atoms with van der Waals surface area (Å²) in [6, 6.07) is 8.02. The van der Waals surface area contributed by atoms with Crippen molar-refractivity contribution >= 4 is 6.03 Å². The standard InChI is InChI=1S/C18H30N2O2/c1-4-7-14-20(13-6-3)18(21)19-15-22-17-11-9-16(8-5-2)10-12-17/h9-12H,4-8,13-15H2,1-3H3,(H,19,21). The molecule has 124 valence electrons. The Kier molecular flexibility index (Phi) is 9.12. The highest BCUT2D eigenvalue weighted by molar-refractivity contribution is 5.73. The summed E-state index contributed by atoms with van der Waals surface area (Å²) in [5.41, 5.74) is 1.31. The number of carbonyl (C=O) groups excluding carboxylic acids is 1. The van der Waals surface area contributed by atoms with E-state index in [1.807, 2.05) is 17.0 Å². The zero-order valence-electron chi connectivity index (χ0n) is 14.2. The quantitative estimate of drug-likeness (QED) is 0.658. The number of amides is 2. The Morgan fingerprint density at radius 3 is 2.36 bits per heavy atom. The summed E-state index contributed by atoms with van der Waals surface area (Å²) in [5.74, 6) is 0.788. The lowest BCUT2D eigenvalue weighted by Gasteiger charge is -2.22. The van der Waals surface area contributed by atoms with E-state index in [2.05, 4.69) is 38.2 Å². The van der Waals surface area contributed by atoms with E-state index in [1.165, 1.54) is 5.56 Å². The van der Waals surface area contributed by atoms with Crippen LogP contribution in [0, 0.1) is 0 Å². The van der Waals surface area contributed by atoms with Crippen LogP contribution in [0.15, 0.2) is 24.3 Å². The molecule has 4 nitrogen and oxygen atoms in total. The minimum Gasteiger partial charge on any atom is -0.473 e. The van der Waals surface area contributed by atoms with Gasteiger partial charge in [0.25, 0.3) is 0 Å². The number of carbonyl (C=O) groups is 1. The van der Waals surface area contributed by atoms with Crippen LogP contribution >= 0.6 is 0 Å². The van der Waals surface area contributed by atoms with Gasteiger partial charge in [0, 0.05) is 13.1 Å². The van der Waals surface area contributed by atoms with Crippen LogP contribution in [-0.2, 0) is 6.42 Å². The summed E-state index contributed by atoms with van der Waals surface area (Å²) in [5, 5.41) is 2.83. The number of nitrogens with zero attached hydrogens (tertiary/aromatic N) is 1. The molecule has 0 aliphatic heterocycles. The Bertz CT molecular complexity index is 418. The van der Waals surface area contributed by atoms with E-state index in [9.17, 15) is 4.79 Å². The van der Waals surface area contributed by atoms with Crippen molar-refractivity contribution in [3.8, 4) is 5.75 Å². The van der Waals surface area contributed by atoms with Crippen LogP contribution in [0.5, 0.6) is 5.75 Å². The average Bonchev–Trinajstić information content (AvgIpc) is 2.53. The van der Waals surface area contributed by atoms with E-state index in [-0.39, 0.29) is 12.8 Å². The van der Waals surface area contributed by atoms with Gasteiger partial charge in [-0.2, -0.15) is 0 Å². The number of nitrogens with one attached hydrogen (secondary N) is 1. The third-order valence-electron chi connectivity index (χ3n) is 3.49. The van der Waals surface area contributed by atoms with Crippen LogP contribution in [-0.4, -0.2) is 30.8 Å². The molecule has 0 spiro atoms. The number of aryl methyl sites for hydroxylation is 1. The number of hydrogen-bond donors (Lipinski definition) is 1. The van der Waals surface area contributed by atoms with Gasteiger partial charge >= 0.3 is 6.03 Å². The highest BCUT2D eigenvalue weighted by Crippen LogP contribution is 2.12. The van der Waals surface area contributed by atoms with E-state index >= 15 is 0 Å². The molecular formula is C18H30N2O2. The fourth-order valence-electron chi connectivity index (χ4n) is 2.27. The van der Waals surface area contributed by atoms with Gasteiger partial charge in [-0.25, -0.2) is 4.79 Å². The monoisotopic (exact) mass is 306 g/mol. The van der Waals surface area contributed by atoms with Gasteiger partial charge in [-0.3, -0.25) is 0 Å². The summed E-state index contributed by atoms with van der Waals surface area (Å²) < 4.78 is 5.58. The van der Waals surface area contributed by atoms with Crippen LogP contribution in [0.25, 0.3) is 0 Å². The predicted octanol–water partition coefficient (Wildman–Crippen LogP) is 4.20. The molecule has 0 radical (unpaired) electrons. The summed E-state index contributed by atoms with van der Waals surface area (Å²) in [4.78, 5) is 14.0. The molecule has 0 unspecified atom stereocenters. The second-order valence-electron chi connectivity index (χ2n) is 5.51. The third kappa shape index (κ3) is 6.83. The minimum atomic E-state index is -0.0436. The largest absolute Gasteiger partial charge is 0.473 e. The number of rotatable bonds is 10. The molecule has 4 heteroatoms. The number of ether oxygens (including phenoxy) is 1. The Balaban J connectivity index is 2.36. The molecule has 0 heterocycles. The molecule has 0 saturated heterocycles. The van der Waals surface area contributed by atoms with Gasteiger partial charge < -0.3 is 15.0 Å². The summed E-state index contributed by atoms with van der Waals surface area (Å²) in [6.45, 7) is 8.19. The molecule has 0 saturated carbocycles. The van der Waals surface area contributed by atoms with E-state index in [0.29, 0.717) is 0 Å². The molecule has 1 aromatic carbocycles. The van der Waals surface area contributed by atoms with Gasteiger partial charge in [0.1, 0.15) is 5.75 Å². The third-order valence-corrected chi connectivity index (χ3v) is 3.49. The fourth-order valence-corrected chi connectivity index (χ4v) is 2.27. The second kappa shape index (κ2) is 10.9. The maximum absolute atomic E-state index is 12.1. The number of unbranched alkanes of at least 4 members (excludes halogenated alkanes) is 1. The van der Waals surface area contributed by atoms with E-state index in [1.54, 1.807) is 0 Å². The van der Waals surface area contributed by atoms with Gasteiger partial charge in [0.2, 0.25) is 0 Å². The molecular weight excluding hydrogens is 276 g/mol. The first-order valence-corrected chi connectivity index (χ1v) is 8.45. The van der Waals surface area contributed by atoms with Crippen molar-refractivity contribution in [1.29, 1.82) is 0 Å². The van der Waals surface area contributed by atoms with Crippen molar-refractivity contribution in [3.05, 3.63) is 29.8 Å². The summed E-state index contributed by atoms with van der Waals surface area (Å²) >= 11 is 0. The SMILES string of the molecule is CCCCN(CCC)C(=O)NCOc1ccc(CCC)cc1. The molecule has 0 atom stereocenters. The van der Waals surface area contributed by atoms with Crippen molar-refractivity contribution < 1.29 is 9.53 Å². The predicted molar refractivity (Wildman–Crippen MR) is 91.2 cm³/mol. The lowest BCUT2D eigenvalue weighted by molar-refractivity contribution is 0.183. The Hall–Kier alpha value is -1.71. The molecule has 2 amide bonds. The zero-order valence-corrected chi connectivity index (χ0v) is 14.2. The maximum atomic E-state index is 12.1. The molecule has 0 aromatic heterocycles. The van der Waals surface area contributed by atoms with Crippen LogP contribution in [0.1, 0.15) is 52.0 Å². The highest BCUT2D eigenvalue weighted by Gasteiger charge is 2.11. The Morgan fingerprint density at radius 1 is 1.05 bits per heavy atom. The lowest BCUT2D eigenvalue weighted by atomic mass is 10.1. The Labute approximate surface area is 134 Å². The van der Waals surface area contributed by atoms with Crippen molar-refractivity contribution in [2.45, 2.75) is 52.9 Å².